The van der Waals surface area contributed by atoms with Crippen LogP contribution in [0.15, 0.2) is 176 Å². The quantitative estimate of drug-likeness (QED) is 0.0323. The number of aliphatic hydroxyl groups excluding tert-OH is 3. The molecule has 6 aromatic carbocycles. The second-order valence-corrected chi connectivity index (χ2v) is 31.6. The van der Waals surface area contributed by atoms with Crippen LogP contribution in [0.25, 0.3) is 11.1 Å². The van der Waals surface area contributed by atoms with Gasteiger partial charge in [0.25, 0.3) is 0 Å². The molecule has 121 heavy (non-hydrogen) atoms. The topological polar surface area (TPSA) is 493 Å². The number of primary amides is 1. The van der Waals surface area contributed by atoms with Crippen LogP contribution in [-0.2, 0) is 107 Å². The monoisotopic (exact) mass is 1660 g/mol. The number of nitrogens with two attached hydrogens (primary N) is 2. The Morgan fingerprint density at radius 3 is 1.53 bits per heavy atom. The second kappa shape index (κ2) is 45.0. The fourth-order valence-electron chi connectivity index (χ4n) is 14.9. The molecular formula is C88H112N16O17. The normalized spacial score (nSPS) is 24.9. The highest BCUT2D eigenvalue weighted by Crippen LogP contribution is 2.27. The second-order valence-electron chi connectivity index (χ2n) is 31.6. The molecule has 33 heteroatoms. The van der Waals surface area contributed by atoms with E-state index in [0.717, 1.165) is 16.7 Å². The van der Waals surface area contributed by atoms with E-state index in [4.69, 9.17) is 20.9 Å². The third-order valence-corrected chi connectivity index (χ3v) is 21.5. The van der Waals surface area contributed by atoms with Gasteiger partial charge in [0, 0.05) is 57.8 Å². The molecule has 11 amide bonds. The summed E-state index contributed by atoms with van der Waals surface area (Å²) in [5.41, 5.74) is 16.8. The first-order valence-corrected chi connectivity index (χ1v) is 41.1. The average molecular weight is 1670 g/mol. The molecule has 15 atom stereocenters. The standard InChI is InChI=1S/C88H112N16O17/c1-52(2)43-65-80(112)99-70(47-56-23-13-7-14-24-56)87(119)104-40-18-28-71(104)85(117)98-67(45-55-21-11-6-12-22-55)82(114)96-66(44-54-19-9-5-10-20-54)81(113)97-69(48-61-50-103(102-101-61)41-42-120-88-75(77(109)76(108)72(51-105)121-88)91-49-58-29-33-60(34-30-58)59-25-15-8-16-26-59)83(115)92-64(37-38-73(90)107)79(111)95-68(46-57-31-35-62(106)36-32-57)84(116)100-74(53(3)4)86(118)93-63(27-17-39-89)78(110)94-65/h5-16,19-26,29-36,50,52-53,63-72,74-77,88,91,105-106,108-109H,17-18,27-28,37-49,51,89H2,1-4H3,(H2,90,107)(H,92,115)(H,93,118)(H,94,110)(H,95,111)(H,96,114)(H,97,113)(H,98,117)(H,99,112)(H,100,116)/t63-,64-,65-,66+,67-,68-,69-,70+,71-,72+,74-,75+,76+,77+,88+/m0/s1. The molecule has 0 saturated carbocycles. The predicted octanol–water partition coefficient (Wildman–Crippen LogP) is 0.852. The minimum atomic E-state index is -1.76. The number of carbonyl (C=O) groups is 11. The fraction of sp³-hybridized carbons (Fsp3) is 0.443. The number of aromatic hydroxyl groups is 1. The zero-order valence-electron chi connectivity index (χ0n) is 68.3. The van der Waals surface area contributed by atoms with E-state index in [-0.39, 0.29) is 102 Å². The van der Waals surface area contributed by atoms with Crippen molar-refractivity contribution >= 4 is 65.0 Å². The highest BCUT2D eigenvalue weighted by Gasteiger charge is 2.46. The van der Waals surface area contributed by atoms with Crippen LogP contribution in [0.3, 0.4) is 0 Å². The number of nitrogens with one attached hydrogen (secondary N) is 10. The van der Waals surface area contributed by atoms with Crippen LogP contribution in [0.2, 0.25) is 0 Å². The predicted molar refractivity (Wildman–Crippen MR) is 445 cm³/mol. The molecule has 3 aliphatic heterocycles. The van der Waals surface area contributed by atoms with Crippen LogP contribution >= 0.6 is 0 Å². The number of fused-ring (bicyclic) bond motifs is 1. The Balaban J connectivity index is 1.00. The molecule has 3 fully saturated rings. The number of aliphatic hydroxyl groups is 3. The number of aromatic nitrogens is 3. The number of amides is 11. The molecule has 18 N–H and O–H groups in total. The van der Waals surface area contributed by atoms with Crippen LogP contribution < -0.4 is 64.6 Å². The van der Waals surface area contributed by atoms with Gasteiger partial charge in [-0.05, 0) is 108 Å². The van der Waals surface area contributed by atoms with Gasteiger partial charge >= 0.3 is 0 Å². The molecule has 0 aliphatic carbocycles. The fourth-order valence-corrected chi connectivity index (χ4v) is 14.9. The molecule has 3 saturated heterocycles. The molecule has 0 bridgehead atoms. The highest BCUT2D eigenvalue weighted by atomic mass is 16.7. The van der Waals surface area contributed by atoms with Crippen molar-refractivity contribution in [3.63, 3.8) is 0 Å². The van der Waals surface area contributed by atoms with Crippen LogP contribution in [0.4, 0.5) is 0 Å². The Morgan fingerprint density at radius 2 is 0.992 bits per heavy atom. The maximum atomic E-state index is 15.6. The molecule has 3 aliphatic rings. The van der Waals surface area contributed by atoms with Crippen molar-refractivity contribution in [2.24, 2.45) is 23.3 Å². The van der Waals surface area contributed by atoms with Gasteiger partial charge in [-0.3, -0.25) is 52.7 Å². The summed E-state index contributed by atoms with van der Waals surface area (Å²) in [4.78, 5) is 166. The lowest BCUT2D eigenvalue weighted by molar-refractivity contribution is -0.271. The van der Waals surface area contributed by atoms with Gasteiger partial charge in [-0.2, -0.15) is 0 Å². The molecule has 7 aromatic rings. The Labute approximate surface area is 702 Å². The van der Waals surface area contributed by atoms with Gasteiger partial charge in [-0.25, -0.2) is 4.68 Å². The summed E-state index contributed by atoms with van der Waals surface area (Å²) in [6.45, 7) is 6.33. The summed E-state index contributed by atoms with van der Waals surface area (Å²) in [7, 11) is 0. The number of hydrogen-bond acceptors (Lipinski definition) is 21. The van der Waals surface area contributed by atoms with Gasteiger partial charge in [0.1, 0.15) is 84.5 Å². The molecule has 33 nitrogen and oxygen atoms in total. The summed E-state index contributed by atoms with van der Waals surface area (Å²) >= 11 is 0. The van der Waals surface area contributed by atoms with Crippen LogP contribution in [-0.4, -0.2) is 223 Å². The van der Waals surface area contributed by atoms with E-state index in [1.165, 1.54) is 40.0 Å². The van der Waals surface area contributed by atoms with E-state index < -0.39 is 188 Å². The van der Waals surface area contributed by atoms with E-state index in [9.17, 15) is 39.6 Å². The molecule has 0 radical (unpaired) electrons. The number of hydrogen-bond donors (Lipinski definition) is 16. The number of phenols is 1. The lowest BCUT2D eigenvalue weighted by atomic mass is 9.96. The highest BCUT2D eigenvalue weighted by molar-refractivity contribution is 6.00. The Bertz CT molecular complexity index is 4590. The van der Waals surface area contributed by atoms with Crippen LogP contribution in [0.1, 0.15) is 106 Å². The molecule has 0 unspecified atom stereocenters. The molecule has 0 spiro atoms. The SMILES string of the molecule is CC(C)C[C@@H]1NC(=O)[C@H](CCCN)NC(=O)[C@H](C(C)C)NC(=O)[C@H](Cc2ccc(O)cc2)NC(=O)[C@H](CCC(N)=O)NC(=O)[C@H](Cc2cn(CCO[C@@H]3O[C@H](CO)[C@@H](O)[C@H](O)[C@H]3NCc3ccc(-c4ccccc4)cc3)nn2)NC(=O)[C@@H](Cc2ccccc2)NC(=O)[C@H](Cc2ccccc2)NC(=O)[C@@H]2CCCN2C(=O)[C@@H](Cc2ccccc2)NC1=O. The van der Waals surface area contributed by atoms with Gasteiger partial charge in [0.15, 0.2) is 6.29 Å². The van der Waals surface area contributed by atoms with E-state index in [1.54, 1.807) is 105 Å². The summed E-state index contributed by atoms with van der Waals surface area (Å²) in [6.07, 6.45) is -5.64. The maximum absolute atomic E-state index is 15.6. The van der Waals surface area contributed by atoms with E-state index in [1.807, 2.05) is 68.4 Å². The number of ether oxygens (including phenoxy) is 2. The number of phenolic OH excluding ortho intramolecular Hbond substituents is 1. The summed E-state index contributed by atoms with van der Waals surface area (Å²) in [5.74, 6) is -10.7. The van der Waals surface area contributed by atoms with Crippen molar-refractivity contribution < 1.29 is 82.6 Å². The van der Waals surface area contributed by atoms with Crippen molar-refractivity contribution in [3.05, 3.63) is 210 Å². The Hall–Kier alpha value is -11.9. The van der Waals surface area contributed by atoms with E-state index in [2.05, 4.69) is 63.5 Å². The molecule has 4 heterocycles. The summed E-state index contributed by atoms with van der Waals surface area (Å²) in [6, 6.07) is 33.4. The van der Waals surface area contributed by atoms with Crippen molar-refractivity contribution in [1.29, 1.82) is 0 Å². The van der Waals surface area contributed by atoms with Crippen molar-refractivity contribution in [2.75, 3.05) is 26.3 Å². The molecule has 1 aromatic heterocycles. The number of carbonyl (C=O) groups excluding carboxylic acids is 11. The molecular weight excluding hydrogens is 1550 g/mol. The maximum Gasteiger partial charge on any atom is 0.246 e. The van der Waals surface area contributed by atoms with Crippen molar-refractivity contribution in [1.82, 2.24) is 73.1 Å². The van der Waals surface area contributed by atoms with Gasteiger partial charge in [0.05, 0.1) is 31.5 Å². The smallest absolute Gasteiger partial charge is 0.246 e. The van der Waals surface area contributed by atoms with Gasteiger partial charge < -0.3 is 99.4 Å². The zero-order chi connectivity index (χ0) is 86.7. The number of benzene rings is 6. The first kappa shape index (κ1) is 91.5. The number of rotatable bonds is 28. The van der Waals surface area contributed by atoms with Gasteiger partial charge in [-0.15, -0.1) is 5.10 Å². The summed E-state index contributed by atoms with van der Waals surface area (Å²) < 4.78 is 13.6. The largest absolute Gasteiger partial charge is 0.508 e. The first-order valence-electron chi connectivity index (χ1n) is 41.1. The zero-order valence-corrected chi connectivity index (χ0v) is 68.3. The minimum Gasteiger partial charge on any atom is -0.508 e. The van der Waals surface area contributed by atoms with Crippen molar-refractivity contribution in [3.8, 4) is 16.9 Å². The van der Waals surface area contributed by atoms with Crippen LogP contribution in [0.5, 0.6) is 5.75 Å². The number of nitrogens with zero attached hydrogens (tertiary/aromatic N) is 4. The van der Waals surface area contributed by atoms with Crippen molar-refractivity contribution in [2.45, 2.75) is 209 Å². The minimum absolute atomic E-state index is 0.0469. The average Bonchev–Trinajstić information content (AvgIpc) is 1.04. The van der Waals surface area contributed by atoms with E-state index in [0.29, 0.717) is 28.7 Å². The van der Waals surface area contributed by atoms with Gasteiger partial charge in [0.2, 0.25) is 65.0 Å². The van der Waals surface area contributed by atoms with Crippen LogP contribution in [0, 0.1) is 11.8 Å². The molecule has 646 valence electrons. The Kier molecular flexibility index (Phi) is 34.0. The summed E-state index contributed by atoms with van der Waals surface area (Å²) in [5, 5.41) is 80.0. The third kappa shape index (κ3) is 26.8. The first-order chi connectivity index (χ1) is 58.2. The van der Waals surface area contributed by atoms with E-state index >= 15 is 33.6 Å². The van der Waals surface area contributed by atoms with Gasteiger partial charge in [-0.1, -0.05) is 191 Å². The molecule has 10 rings (SSSR count). The lowest BCUT2D eigenvalue weighted by Gasteiger charge is -2.42. The lowest BCUT2D eigenvalue weighted by Crippen LogP contribution is -2.63. The Morgan fingerprint density at radius 1 is 0.537 bits per heavy atom. The third-order valence-electron chi connectivity index (χ3n) is 21.5.